The largest absolute Gasteiger partial charge is 0.487 e. The second-order valence-electron chi connectivity index (χ2n) is 7.92. The molecule has 1 amide bonds. The molecule has 0 aliphatic carbocycles. The van der Waals surface area contributed by atoms with Crippen molar-refractivity contribution in [3.8, 4) is 5.75 Å². The van der Waals surface area contributed by atoms with Gasteiger partial charge in [-0.1, -0.05) is 12.1 Å². The van der Waals surface area contributed by atoms with Gasteiger partial charge in [0.2, 0.25) is 0 Å². The van der Waals surface area contributed by atoms with Crippen LogP contribution in [0.2, 0.25) is 0 Å². The summed E-state index contributed by atoms with van der Waals surface area (Å²) < 4.78 is 11.7. The SMILES string of the molecule is CC(=O)c1cccc(NC(=O)c2oc3ccc4c(c3c2C)C(=O)CC(C)(C)O4)c1. The highest BCUT2D eigenvalue weighted by Gasteiger charge is 2.35. The van der Waals surface area contributed by atoms with E-state index in [1.807, 2.05) is 13.8 Å². The lowest BCUT2D eigenvalue weighted by Crippen LogP contribution is -2.35. The first kappa shape index (κ1) is 18.9. The van der Waals surface area contributed by atoms with Crippen molar-refractivity contribution in [1.82, 2.24) is 0 Å². The Morgan fingerprint density at radius 2 is 1.90 bits per heavy atom. The van der Waals surface area contributed by atoms with Crippen molar-refractivity contribution in [2.24, 2.45) is 0 Å². The number of hydrogen-bond donors (Lipinski definition) is 1. The number of ketones is 2. The molecule has 0 unspecified atom stereocenters. The van der Waals surface area contributed by atoms with E-state index in [-0.39, 0.29) is 23.7 Å². The van der Waals surface area contributed by atoms with Crippen LogP contribution in [0.15, 0.2) is 40.8 Å². The number of nitrogens with one attached hydrogen (secondary N) is 1. The van der Waals surface area contributed by atoms with Gasteiger partial charge in [-0.2, -0.15) is 0 Å². The van der Waals surface area contributed by atoms with E-state index in [0.29, 0.717) is 39.1 Å². The number of aryl methyl sites for hydroxylation is 1. The molecule has 0 atom stereocenters. The summed E-state index contributed by atoms with van der Waals surface area (Å²) >= 11 is 0. The summed E-state index contributed by atoms with van der Waals surface area (Å²) in [5.41, 5.74) is 1.92. The maximum atomic E-state index is 12.8. The molecule has 0 bridgehead atoms. The molecule has 148 valence electrons. The predicted molar refractivity (Wildman–Crippen MR) is 109 cm³/mol. The molecule has 6 nitrogen and oxygen atoms in total. The third kappa shape index (κ3) is 3.31. The molecule has 1 aromatic heterocycles. The Balaban J connectivity index is 1.74. The minimum Gasteiger partial charge on any atom is -0.487 e. The number of amides is 1. The second kappa shape index (κ2) is 6.58. The van der Waals surface area contributed by atoms with E-state index in [1.165, 1.54) is 6.92 Å². The monoisotopic (exact) mass is 391 g/mol. The minimum atomic E-state index is -0.572. The van der Waals surface area contributed by atoms with Crippen LogP contribution in [-0.2, 0) is 0 Å². The standard InChI is InChI=1S/C23H21NO5/c1-12-19-17(8-9-18-20(19)16(26)11-23(3,4)29-18)28-21(12)22(27)24-15-7-5-6-14(10-15)13(2)25/h5-10H,11H2,1-4H3,(H,24,27). The van der Waals surface area contributed by atoms with E-state index < -0.39 is 11.5 Å². The van der Waals surface area contributed by atoms with Gasteiger partial charge in [0.25, 0.3) is 5.91 Å². The van der Waals surface area contributed by atoms with Crippen LogP contribution in [0.1, 0.15) is 64.0 Å². The number of carbonyl (C=O) groups is 3. The Hall–Kier alpha value is -3.41. The average molecular weight is 391 g/mol. The molecule has 2 heterocycles. The van der Waals surface area contributed by atoms with Gasteiger partial charge in [-0.3, -0.25) is 14.4 Å². The number of Topliss-reactive ketones (excluding diaryl/α,β-unsaturated/α-hetero) is 2. The van der Waals surface area contributed by atoms with E-state index >= 15 is 0 Å². The van der Waals surface area contributed by atoms with Crippen molar-refractivity contribution in [2.75, 3.05) is 5.32 Å². The predicted octanol–water partition coefficient (Wildman–Crippen LogP) is 4.94. The van der Waals surface area contributed by atoms with Gasteiger partial charge in [0.05, 0.1) is 12.0 Å². The second-order valence-corrected chi connectivity index (χ2v) is 7.92. The number of hydrogen-bond acceptors (Lipinski definition) is 5. The van der Waals surface area contributed by atoms with Crippen molar-refractivity contribution in [1.29, 1.82) is 0 Å². The molecule has 2 aromatic carbocycles. The topological polar surface area (TPSA) is 85.6 Å². The van der Waals surface area contributed by atoms with Gasteiger partial charge in [-0.25, -0.2) is 0 Å². The van der Waals surface area contributed by atoms with Crippen molar-refractivity contribution in [3.05, 3.63) is 58.8 Å². The Kier molecular flexibility index (Phi) is 4.30. The summed E-state index contributed by atoms with van der Waals surface area (Å²) in [6.07, 6.45) is 0.253. The lowest BCUT2D eigenvalue weighted by Gasteiger charge is -2.31. The normalized spacial score (nSPS) is 15.0. The zero-order valence-electron chi connectivity index (χ0n) is 16.7. The summed E-state index contributed by atoms with van der Waals surface area (Å²) in [7, 11) is 0. The smallest absolute Gasteiger partial charge is 0.291 e. The molecule has 3 aromatic rings. The molecule has 29 heavy (non-hydrogen) atoms. The first-order chi connectivity index (χ1) is 13.7. The quantitative estimate of drug-likeness (QED) is 0.639. The number of rotatable bonds is 3. The molecule has 4 rings (SSSR count). The number of carbonyl (C=O) groups excluding carboxylic acids is 3. The molecule has 0 saturated heterocycles. The van der Waals surface area contributed by atoms with Crippen LogP contribution >= 0.6 is 0 Å². The molecule has 1 aliphatic rings. The van der Waals surface area contributed by atoms with Gasteiger partial charge in [0.1, 0.15) is 16.9 Å². The van der Waals surface area contributed by atoms with Gasteiger partial charge in [-0.15, -0.1) is 0 Å². The zero-order chi connectivity index (χ0) is 20.9. The van der Waals surface area contributed by atoms with Gasteiger partial charge in [0, 0.05) is 22.2 Å². The molecule has 6 heteroatoms. The van der Waals surface area contributed by atoms with Crippen LogP contribution in [0.4, 0.5) is 5.69 Å². The number of furan rings is 1. The van der Waals surface area contributed by atoms with Crippen molar-refractivity contribution in [2.45, 2.75) is 39.7 Å². The lowest BCUT2D eigenvalue weighted by atomic mass is 9.90. The Morgan fingerprint density at radius 1 is 1.14 bits per heavy atom. The molecule has 0 radical (unpaired) electrons. The third-order valence-electron chi connectivity index (χ3n) is 5.04. The summed E-state index contributed by atoms with van der Waals surface area (Å²) in [5.74, 6) is 0.0571. The van der Waals surface area contributed by atoms with Crippen molar-refractivity contribution < 1.29 is 23.5 Å². The number of anilines is 1. The molecule has 1 N–H and O–H groups in total. The van der Waals surface area contributed by atoms with Gasteiger partial charge >= 0.3 is 0 Å². The van der Waals surface area contributed by atoms with Gasteiger partial charge in [0.15, 0.2) is 17.3 Å². The highest BCUT2D eigenvalue weighted by atomic mass is 16.5. The van der Waals surface area contributed by atoms with Crippen LogP contribution < -0.4 is 10.1 Å². The maximum Gasteiger partial charge on any atom is 0.291 e. The van der Waals surface area contributed by atoms with Gasteiger partial charge in [-0.05, 0) is 52.0 Å². The van der Waals surface area contributed by atoms with Crippen LogP contribution in [0.3, 0.4) is 0 Å². The van der Waals surface area contributed by atoms with Crippen molar-refractivity contribution in [3.63, 3.8) is 0 Å². The molecule has 1 aliphatic heterocycles. The van der Waals surface area contributed by atoms with E-state index in [2.05, 4.69) is 5.32 Å². The Bertz CT molecular complexity index is 1190. The van der Waals surface area contributed by atoms with Gasteiger partial charge < -0.3 is 14.5 Å². The van der Waals surface area contributed by atoms with E-state index in [9.17, 15) is 14.4 Å². The van der Waals surface area contributed by atoms with E-state index in [0.717, 1.165) is 0 Å². The zero-order valence-corrected chi connectivity index (χ0v) is 16.7. The minimum absolute atomic E-state index is 0.0353. The number of benzene rings is 2. The highest BCUT2D eigenvalue weighted by Crippen LogP contribution is 2.40. The number of ether oxygens (including phenoxy) is 1. The molecule has 0 spiro atoms. The summed E-state index contributed by atoms with van der Waals surface area (Å²) in [5, 5.41) is 3.36. The molecular weight excluding hydrogens is 370 g/mol. The summed E-state index contributed by atoms with van der Waals surface area (Å²) in [6, 6.07) is 10.1. The fourth-order valence-corrected chi connectivity index (χ4v) is 3.71. The first-order valence-electron chi connectivity index (χ1n) is 9.37. The van der Waals surface area contributed by atoms with E-state index in [1.54, 1.807) is 43.3 Å². The summed E-state index contributed by atoms with van der Waals surface area (Å²) in [4.78, 5) is 37.2. The molecular formula is C23H21NO5. The van der Waals surface area contributed by atoms with Crippen LogP contribution in [0.5, 0.6) is 5.75 Å². The highest BCUT2D eigenvalue weighted by molar-refractivity contribution is 6.15. The van der Waals surface area contributed by atoms with Crippen LogP contribution in [-0.4, -0.2) is 23.1 Å². The van der Waals surface area contributed by atoms with Crippen molar-refractivity contribution >= 4 is 34.1 Å². The van der Waals surface area contributed by atoms with E-state index in [4.69, 9.17) is 9.15 Å². The molecule has 0 fully saturated rings. The summed E-state index contributed by atoms with van der Waals surface area (Å²) in [6.45, 7) is 6.95. The van der Waals surface area contributed by atoms with Crippen LogP contribution in [0.25, 0.3) is 11.0 Å². The number of fused-ring (bicyclic) bond motifs is 3. The van der Waals surface area contributed by atoms with Crippen LogP contribution in [0, 0.1) is 6.92 Å². The average Bonchev–Trinajstić information content (AvgIpc) is 2.97. The Labute approximate surface area is 167 Å². The Morgan fingerprint density at radius 3 is 2.62 bits per heavy atom. The fraction of sp³-hybridized carbons (Fsp3) is 0.261. The molecule has 0 saturated carbocycles. The third-order valence-corrected chi connectivity index (χ3v) is 5.04. The fourth-order valence-electron chi connectivity index (χ4n) is 3.71. The lowest BCUT2D eigenvalue weighted by molar-refractivity contribution is 0.0623. The maximum absolute atomic E-state index is 12.8. The first-order valence-corrected chi connectivity index (χ1v) is 9.37.